The molecule has 1 aliphatic rings. The van der Waals surface area contributed by atoms with Crippen LogP contribution < -0.4 is 10.2 Å². The van der Waals surface area contributed by atoms with Gasteiger partial charge in [0.2, 0.25) is 11.9 Å². The van der Waals surface area contributed by atoms with Gasteiger partial charge in [-0.1, -0.05) is 0 Å². The lowest BCUT2D eigenvalue weighted by atomic mass is 10.3. The summed E-state index contributed by atoms with van der Waals surface area (Å²) >= 11 is 3.41. The average molecular weight is 300 g/mol. The number of nitrogens with one attached hydrogen (secondary N) is 1. The van der Waals surface area contributed by atoms with Crippen molar-refractivity contribution in [2.24, 2.45) is 0 Å². The van der Waals surface area contributed by atoms with Crippen LogP contribution in [0.25, 0.3) is 0 Å². The van der Waals surface area contributed by atoms with Crippen LogP contribution >= 0.6 is 15.9 Å². The third kappa shape index (κ3) is 2.49. The van der Waals surface area contributed by atoms with E-state index in [0.29, 0.717) is 19.0 Å². The Morgan fingerprint density at radius 3 is 2.88 bits per heavy atom. The number of amides is 1. The predicted molar refractivity (Wildman–Crippen MR) is 69.1 cm³/mol. The van der Waals surface area contributed by atoms with Crippen LogP contribution in [-0.2, 0) is 4.79 Å². The van der Waals surface area contributed by atoms with Gasteiger partial charge in [0.25, 0.3) is 0 Å². The zero-order valence-corrected chi connectivity index (χ0v) is 11.4. The lowest BCUT2D eigenvalue weighted by molar-refractivity contribution is -0.129. The number of aromatic nitrogens is 2. The van der Waals surface area contributed by atoms with E-state index in [1.54, 1.807) is 18.1 Å². The van der Waals surface area contributed by atoms with E-state index in [-0.39, 0.29) is 5.91 Å². The van der Waals surface area contributed by atoms with Gasteiger partial charge in [-0.05, 0) is 15.9 Å². The molecule has 17 heavy (non-hydrogen) atoms. The largest absolute Gasteiger partial charge is 0.357 e. The van der Waals surface area contributed by atoms with E-state index in [1.807, 2.05) is 11.9 Å². The molecule has 6 nitrogen and oxygen atoms in total. The maximum atomic E-state index is 11.7. The normalized spacial score (nSPS) is 16.3. The van der Waals surface area contributed by atoms with Gasteiger partial charge in [-0.2, -0.15) is 4.98 Å². The fraction of sp³-hybridized carbons (Fsp3) is 0.500. The Bertz CT molecular complexity index is 439. The minimum Gasteiger partial charge on any atom is -0.357 e. The number of nitrogens with zero attached hydrogens (tertiary/aromatic N) is 4. The summed E-state index contributed by atoms with van der Waals surface area (Å²) in [5, 5.41) is 2.89. The first-order chi connectivity index (χ1) is 8.11. The first-order valence-electron chi connectivity index (χ1n) is 5.31. The number of rotatable bonds is 2. The summed E-state index contributed by atoms with van der Waals surface area (Å²) in [6.45, 7) is 1.85. The number of likely N-dealkylation sites (N-methyl/N-ethyl adjacent to an activating group) is 1. The number of piperazine rings is 1. The van der Waals surface area contributed by atoms with Crippen LogP contribution in [0.2, 0.25) is 0 Å². The molecule has 0 aliphatic carbocycles. The lowest BCUT2D eigenvalue weighted by Gasteiger charge is -2.33. The maximum absolute atomic E-state index is 11.7. The molecule has 0 spiro atoms. The lowest BCUT2D eigenvalue weighted by Crippen LogP contribution is -2.49. The second-order valence-corrected chi connectivity index (χ2v) is 4.71. The van der Waals surface area contributed by atoms with Crippen molar-refractivity contribution < 1.29 is 4.79 Å². The summed E-state index contributed by atoms with van der Waals surface area (Å²) < 4.78 is 0.800. The van der Waals surface area contributed by atoms with Gasteiger partial charge in [-0.15, -0.1) is 0 Å². The molecular formula is C10H14BrN5O. The summed E-state index contributed by atoms with van der Waals surface area (Å²) in [5.74, 6) is 1.41. The first-order valence-corrected chi connectivity index (χ1v) is 6.10. The first kappa shape index (κ1) is 12.1. The quantitative estimate of drug-likeness (QED) is 0.865. The smallest absolute Gasteiger partial charge is 0.241 e. The predicted octanol–water partition coefficient (Wildman–Crippen LogP) is 0.559. The number of carbonyl (C=O) groups excluding carboxylic acids is 1. The fourth-order valence-corrected chi connectivity index (χ4v) is 2.08. The minimum absolute atomic E-state index is 0.104. The molecule has 92 valence electrons. The topological polar surface area (TPSA) is 61.4 Å². The molecule has 1 aliphatic heterocycles. The number of hydrogen-bond acceptors (Lipinski definition) is 5. The van der Waals surface area contributed by atoms with Gasteiger partial charge in [0.15, 0.2) is 0 Å². The van der Waals surface area contributed by atoms with Crippen LogP contribution in [0, 0.1) is 0 Å². The van der Waals surface area contributed by atoms with Crippen LogP contribution in [0.5, 0.6) is 0 Å². The Morgan fingerprint density at radius 1 is 1.47 bits per heavy atom. The molecule has 2 heterocycles. The molecule has 0 aromatic carbocycles. The summed E-state index contributed by atoms with van der Waals surface area (Å²) in [6.07, 6.45) is 1.69. The number of hydrogen-bond donors (Lipinski definition) is 1. The van der Waals surface area contributed by atoms with Crippen LogP contribution in [0.1, 0.15) is 0 Å². The van der Waals surface area contributed by atoms with Crippen molar-refractivity contribution in [3.63, 3.8) is 0 Å². The van der Waals surface area contributed by atoms with E-state index in [1.165, 1.54) is 0 Å². The Balaban J connectivity index is 2.24. The summed E-state index contributed by atoms with van der Waals surface area (Å²) in [5.41, 5.74) is 0. The van der Waals surface area contributed by atoms with Crippen molar-refractivity contribution in [2.45, 2.75) is 0 Å². The van der Waals surface area contributed by atoms with Gasteiger partial charge >= 0.3 is 0 Å². The van der Waals surface area contributed by atoms with Crippen LogP contribution in [0.15, 0.2) is 10.7 Å². The van der Waals surface area contributed by atoms with Gasteiger partial charge in [-0.3, -0.25) is 4.79 Å². The fourth-order valence-electron chi connectivity index (χ4n) is 1.64. The molecule has 1 fully saturated rings. The third-order valence-electron chi connectivity index (χ3n) is 2.71. The van der Waals surface area contributed by atoms with E-state index in [0.717, 1.165) is 16.8 Å². The highest BCUT2D eigenvalue weighted by Gasteiger charge is 2.23. The van der Waals surface area contributed by atoms with E-state index < -0.39 is 0 Å². The molecule has 7 heteroatoms. The van der Waals surface area contributed by atoms with E-state index >= 15 is 0 Å². The molecule has 1 N–H and O–H groups in total. The Hall–Kier alpha value is -1.37. The highest BCUT2D eigenvalue weighted by molar-refractivity contribution is 9.10. The average Bonchev–Trinajstić information content (AvgIpc) is 2.33. The molecule has 0 atom stereocenters. The zero-order chi connectivity index (χ0) is 12.4. The summed E-state index contributed by atoms with van der Waals surface area (Å²) in [4.78, 5) is 23.8. The molecule has 0 saturated carbocycles. The van der Waals surface area contributed by atoms with Crippen LogP contribution in [0.3, 0.4) is 0 Å². The highest BCUT2D eigenvalue weighted by Crippen LogP contribution is 2.25. The molecule has 0 unspecified atom stereocenters. The second-order valence-electron chi connectivity index (χ2n) is 3.85. The molecule has 1 amide bonds. The molecule has 0 bridgehead atoms. The van der Waals surface area contributed by atoms with Crippen LogP contribution in [0.4, 0.5) is 11.8 Å². The Kier molecular flexibility index (Phi) is 3.46. The molecule has 2 rings (SSSR count). The number of anilines is 2. The van der Waals surface area contributed by atoms with Crippen molar-refractivity contribution in [2.75, 3.05) is 43.9 Å². The van der Waals surface area contributed by atoms with Gasteiger partial charge in [0.1, 0.15) is 5.82 Å². The molecule has 1 aromatic heterocycles. The minimum atomic E-state index is 0.104. The van der Waals surface area contributed by atoms with Gasteiger partial charge in [-0.25, -0.2) is 4.98 Å². The third-order valence-corrected chi connectivity index (χ3v) is 3.27. The molecule has 1 saturated heterocycles. The monoisotopic (exact) mass is 299 g/mol. The SMILES string of the molecule is CNc1ncc(Br)c(N2CCN(C)C(=O)C2)n1. The van der Waals surface area contributed by atoms with Gasteiger partial charge in [0.05, 0.1) is 11.0 Å². The van der Waals surface area contributed by atoms with Crippen molar-refractivity contribution in [3.8, 4) is 0 Å². The Labute approximate surface area is 108 Å². The van der Waals surface area contributed by atoms with Crippen molar-refractivity contribution in [3.05, 3.63) is 10.7 Å². The van der Waals surface area contributed by atoms with Gasteiger partial charge < -0.3 is 15.1 Å². The van der Waals surface area contributed by atoms with Gasteiger partial charge in [0, 0.05) is 33.4 Å². The van der Waals surface area contributed by atoms with Crippen molar-refractivity contribution in [1.29, 1.82) is 0 Å². The summed E-state index contributed by atoms with van der Waals surface area (Å²) in [6, 6.07) is 0. The molecule has 1 aromatic rings. The molecule has 0 radical (unpaired) electrons. The van der Waals surface area contributed by atoms with Crippen LogP contribution in [-0.4, -0.2) is 54.5 Å². The maximum Gasteiger partial charge on any atom is 0.241 e. The summed E-state index contributed by atoms with van der Waals surface area (Å²) in [7, 11) is 3.58. The number of carbonyl (C=O) groups is 1. The highest BCUT2D eigenvalue weighted by atomic mass is 79.9. The Morgan fingerprint density at radius 2 is 2.24 bits per heavy atom. The van der Waals surface area contributed by atoms with E-state index in [4.69, 9.17) is 0 Å². The second kappa shape index (κ2) is 4.87. The van der Waals surface area contributed by atoms with Crippen molar-refractivity contribution in [1.82, 2.24) is 14.9 Å². The van der Waals surface area contributed by atoms with E-state index in [9.17, 15) is 4.79 Å². The molecular weight excluding hydrogens is 286 g/mol. The van der Waals surface area contributed by atoms with Crippen molar-refractivity contribution >= 4 is 33.6 Å². The zero-order valence-electron chi connectivity index (χ0n) is 9.77. The van der Waals surface area contributed by atoms with E-state index in [2.05, 4.69) is 31.2 Å². The standard InChI is InChI=1S/C10H14BrN5O/c1-12-10-13-5-7(11)9(14-10)16-4-3-15(2)8(17)6-16/h5H,3-4,6H2,1-2H3,(H,12,13,14). The number of halogens is 1.